The molecule has 0 saturated heterocycles. The third-order valence-electron chi connectivity index (χ3n) is 25.3. The molecular formula is C108H100BN5S. The van der Waals surface area contributed by atoms with Gasteiger partial charge >= 0.3 is 0 Å². The van der Waals surface area contributed by atoms with E-state index in [9.17, 15) is 0 Å². The van der Waals surface area contributed by atoms with E-state index in [1.165, 1.54) is 135 Å². The summed E-state index contributed by atoms with van der Waals surface area (Å²) in [7, 11) is 0. The van der Waals surface area contributed by atoms with Gasteiger partial charge in [-0.05, 0) is 215 Å². The Morgan fingerprint density at radius 2 is 0.574 bits per heavy atom. The summed E-state index contributed by atoms with van der Waals surface area (Å²) >= 11 is 1.96. The summed E-state index contributed by atoms with van der Waals surface area (Å²) in [5.41, 5.74) is 33.0. The van der Waals surface area contributed by atoms with Crippen molar-refractivity contribution in [2.75, 3.05) is 9.80 Å². The van der Waals surface area contributed by atoms with Crippen molar-refractivity contribution in [1.82, 2.24) is 13.7 Å². The van der Waals surface area contributed by atoms with Crippen molar-refractivity contribution in [3.63, 3.8) is 0 Å². The zero-order valence-electron chi connectivity index (χ0n) is 69.8. The number of aromatic nitrogens is 3. The van der Waals surface area contributed by atoms with Crippen LogP contribution in [0.2, 0.25) is 0 Å². The van der Waals surface area contributed by atoms with Crippen LogP contribution in [0.5, 0.6) is 0 Å². The zero-order chi connectivity index (χ0) is 79.6. The van der Waals surface area contributed by atoms with Gasteiger partial charge in [0, 0.05) is 92.1 Å². The molecule has 0 spiro atoms. The van der Waals surface area contributed by atoms with Gasteiger partial charge in [0.25, 0.3) is 6.71 Å². The lowest BCUT2D eigenvalue weighted by atomic mass is 9.33. The van der Waals surface area contributed by atoms with Crippen LogP contribution in [0.4, 0.5) is 34.1 Å². The van der Waals surface area contributed by atoms with Crippen LogP contribution in [0.25, 0.3) is 125 Å². The number of fused-ring (bicyclic) bond motifs is 17. The highest BCUT2D eigenvalue weighted by Gasteiger charge is 2.47. The first-order valence-electron chi connectivity index (χ1n) is 41.3. The van der Waals surface area contributed by atoms with Gasteiger partial charge in [-0.1, -0.05) is 282 Å². The van der Waals surface area contributed by atoms with Crippen LogP contribution >= 0.6 is 11.3 Å². The number of benzene rings is 14. The molecule has 0 radical (unpaired) electrons. The molecule has 2 aliphatic heterocycles. The highest BCUT2D eigenvalue weighted by atomic mass is 32.1. The van der Waals surface area contributed by atoms with Gasteiger partial charge < -0.3 is 23.5 Å². The normalized spacial score (nSPS) is 13.6. The standard InChI is InChI=1S/C108H100BN5S/c1-103(2,3)67-41-49-87-78(55-67)79-56-68(104(4,5)6)42-50-88(79)110(87)73-47-48-84-93(61-73)113(85-38-28-25-35-75(85)65-31-21-19-22-32-65)95-62-74(111-89-51-43-69(105(7,8)9)57-80(89)81-58-70(106(10,11)12)44-52-90(81)111)63-96-100(95)109(84)101-97(114(96)86-39-29-26-36-76(86)66-33-23-20-24-34-66)64-94(99-77-37-27-30-40-98(77)115-102(99)101)112-91-53-45-71(107(13,14)15)59-82(91)83-60-72(108(16,17)18)46-54-92(83)112/h19-64H,1-18H3. The lowest BCUT2D eigenvalue weighted by Crippen LogP contribution is -2.61. The Morgan fingerprint density at radius 1 is 0.243 bits per heavy atom. The minimum Gasteiger partial charge on any atom is -0.311 e. The van der Waals surface area contributed by atoms with Crippen LogP contribution in [0, 0.1) is 0 Å². The van der Waals surface area contributed by atoms with E-state index in [0.717, 1.165) is 73.4 Å². The van der Waals surface area contributed by atoms with Gasteiger partial charge in [0.1, 0.15) is 0 Å². The molecule has 18 aromatic rings. The molecule has 4 aromatic heterocycles. The number of hydrogen-bond donors (Lipinski definition) is 0. The van der Waals surface area contributed by atoms with E-state index in [-0.39, 0.29) is 39.2 Å². The summed E-state index contributed by atoms with van der Waals surface area (Å²) in [6.07, 6.45) is 0. The van der Waals surface area contributed by atoms with Gasteiger partial charge in [0.15, 0.2) is 0 Å². The second-order valence-corrected chi connectivity index (χ2v) is 40.1. The number of anilines is 6. The number of hydrogen-bond acceptors (Lipinski definition) is 3. The molecule has 14 aromatic carbocycles. The Balaban J connectivity index is 0.991. The van der Waals surface area contributed by atoms with Crippen molar-refractivity contribution in [3.05, 3.63) is 312 Å². The molecule has 0 fully saturated rings. The lowest BCUT2D eigenvalue weighted by molar-refractivity contribution is 0.590. The second-order valence-electron chi connectivity index (χ2n) is 39.0. The van der Waals surface area contributed by atoms with Crippen LogP contribution in [0.1, 0.15) is 158 Å². The summed E-state index contributed by atoms with van der Waals surface area (Å²) < 4.78 is 10.4. The number of para-hydroxylation sites is 2. The van der Waals surface area contributed by atoms with Crippen LogP contribution in [0.3, 0.4) is 0 Å². The maximum atomic E-state index is 2.73. The molecule has 0 atom stereocenters. The molecule has 0 aliphatic carbocycles. The monoisotopic (exact) mass is 1510 g/mol. The summed E-state index contributed by atoms with van der Waals surface area (Å²) in [4.78, 5) is 5.43. The molecule has 0 bridgehead atoms. The predicted molar refractivity (Wildman–Crippen MR) is 499 cm³/mol. The Morgan fingerprint density at radius 3 is 0.974 bits per heavy atom. The molecule has 2 aliphatic rings. The summed E-state index contributed by atoms with van der Waals surface area (Å²) in [6.45, 7) is 41.9. The molecule has 115 heavy (non-hydrogen) atoms. The van der Waals surface area contributed by atoms with E-state index in [1.54, 1.807) is 0 Å². The molecule has 20 rings (SSSR count). The SMILES string of the molecule is CC(C)(C)c1ccc2c(c1)c1cc(C(C)(C)C)ccc1n2-c1ccc2c(c1)N(c1ccccc1-c1ccccc1)c1cc(-n3c4ccc(C(C)(C)C)cc4c4cc(C(C)(C)C)ccc43)cc3c1B2c1c(cc(-n2c4ccc(C(C)(C)C)cc4c4cc(C(C)(C)C)ccc42)c2c1sc1ccccc12)N3c1ccccc1-c1ccccc1. The molecule has 0 N–H and O–H groups in total. The fraction of sp³-hybridized carbons (Fsp3) is 0.222. The summed E-state index contributed by atoms with van der Waals surface area (Å²) in [6, 6.07) is 109. The Bertz CT molecular complexity index is 6860. The molecule has 7 heteroatoms. The first-order valence-corrected chi connectivity index (χ1v) is 42.1. The van der Waals surface area contributed by atoms with Crippen LogP contribution in [0.15, 0.2) is 279 Å². The first-order chi connectivity index (χ1) is 54.8. The molecule has 0 saturated carbocycles. The molecule has 0 amide bonds. The quantitative estimate of drug-likeness (QED) is 0.148. The summed E-state index contributed by atoms with van der Waals surface area (Å²) in [5, 5.41) is 10.1. The maximum absolute atomic E-state index is 2.73. The molecule has 566 valence electrons. The highest BCUT2D eigenvalue weighted by Crippen LogP contribution is 2.55. The van der Waals surface area contributed by atoms with E-state index >= 15 is 0 Å². The third kappa shape index (κ3) is 11.4. The van der Waals surface area contributed by atoms with Crippen molar-refractivity contribution in [3.8, 4) is 39.3 Å². The Kier molecular flexibility index (Phi) is 16.0. The van der Waals surface area contributed by atoms with Gasteiger partial charge in [0.2, 0.25) is 0 Å². The van der Waals surface area contributed by atoms with Crippen LogP contribution in [-0.4, -0.2) is 20.4 Å². The number of nitrogens with zero attached hydrogens (tertiary/aromatic N) is 5. The van der Waals surface area contributed by atoms with Crippen LogP contribution < -0.4 is 26.2 Å². The van der Waals surface area contributed by atoms with Crippen molar-refractivity contribution in [1.29, 1.82) is 0 Å². The van der Waals surface area contributed by atoms with E-state index in [2.05, 4.69) is 427 Å². The fourth-order valence-electron chi connectivity index (χ4n) is 19.0. The minimum atomic E-state index is -0.298. The third-order valence-corrected chi connectivity index (χ3v) is 26.5. The average molecular weight is 1510 g/mol. The molecular weight excluding hydrogens is 1410 g/mol. The van der Waals surface area contributed by atoms with Crippen LogP contribution in [-0.2, 0) is 32.5 Å². The topological polar surface area (TPSA) is 21.3 Å². The lowest BCUT2D eigenvalue weighted by Gasteiger charge is -2.45. The van der Waals surface area contributed by atoms with E-state index in [4.69, 9.17) is 0 Å². The Hall–Kier alpha value is -11.6. The predicted octanol–water partition coefficient (Wildman–Crippen LogP) is 28.5. The smallest absolute Gasteiger partial charge is 0.254 e. The van der Waals surface area contributed by atoms with Gasteiger partial charge in [-0.15, -0.1) is 11.3 Å². The van der Waals surface area contributed by atoms with Gasteiger partial charge in [0.05, 0.1) is 55.8 Å². The van der Waals surface area contributed by atoms with E-state index < -0.39 is 0 Å². The van der Waals surface area contributed by atoms with Crippen molar-refractivity contribution < 1.29 is 0 Å². The maximum Gasteiger partial charge on any atom is 0.254 e. The first kappa shape index (κ1) is 72.3. The second kappa shape index (κ2) is 25.4. The molecule has 6 heterocycles. The zero-order valence-corrected chi connectivity index (χ0v) is 70.6. The largest absolute Gasteiger partial charge is 0.311 e. The van der Waals surface area contributed by atoms with Gasteiger partial charge in [-0.2, -0.15) is 0 Å². The number of thiophene rings is 1. The fourth-order valence-corrected chi connectivity index (χ4v) is 20.3. The Labute approximate surface area is 681 Å². The van der Waals surface area contributed by atoms with Gasteiger partial charge in [-0.25, -0.2) is 0 Å². The number of rotatable bonds is 7. The van der Waals surface area contributed by atoms with Crippen molar-refractivity contribution in [2.45, 2.75) is 157 Å². The highest BCUT2D eigenvalue weighted by molar-refractivity contribution is 7.28. The molecule has 0 unspecified atom stereocenters. The summed E-state index contributed by atoms with van der Waals surface area (Å²) in [5.74, 6) is 0. The van der Waals surface area contributed by atoms with E-state index in [0.29, 0.717) is 0 Å². The van der Waals surface area contributed by atoms with Gasteiger partial charge in [-0.3, -0.25) is 0 Å². The average Bonchev–Trinajstić information content (AvgIpc) is 1.66. The molecule has 5 nitrogen and oxygen atoms in total. The van der Waals surface area contributed by atoms with Crippen molar-refractivity contribution >= 4 is 154 Å². The van der Waals surface area contributed by atoms with Crippen molar-refractivity contribution in [2.24, 2.45) is 0 Å². The van der Waals surface area contributed by atoms with E-state index in [1.807, 2.05) is 11.3 Å². The minimum absolute atomic E-state index is 0.0658.